The van der Waals surface area contributed by atoms with E-state index < -0.39 is 0 Å². The Balaban J connectivity index is 1.80. The smallest absolute Gasteiger partial charge is 0.321 e. The maximum atomic E-state index is 12.1. The molecular weight excluding hydrogens is 372 g/mol. The van der Waals surface area contributed by atoms with Crippen molar-refractivity contribution in [3.05, 3.63) is 34.9 Å². The molecule has 24 heavy (non-hydrogen) atoms. The molecule has 0 aliphatic carbocycles. The summed E-state index contributed by atoms with van der Waals surface area (Å²) in [5, 5.41) is 13.9. The first kappa shape index (κ1) is 18.7. The molecule has 0 saturated heterocycles. The average Bonchev–Trinajstić information content (AvgIpc) is 3.01. The van der Waals surface area contributed by atoms with Gasteiger partial charge in [-0.1, -0.05) is 34.7 Å². The van der Waals surface area contributed by atoms with Gasteiger partial charge in [0.25, 0.3) is 0 Å². The SMILES string of the molecule is COCCNC(=O)Nc1nnc(SCC(=O)c2ccc(Cl)cc2)s1. The zero-order valence-corrected chi connectivity index (χ0v) is 15.1. The van der Waals surface area contributed by atoms with E-state index in [1.54, 1.807) is 31.4 Å². The van der Waals surface area contributed by atoms with Crippen molar-refractivity contribution in [1.29, 1.82) is 0 Å². The largest absolute Gasteiger partial charge is 0.383 e. The Morgan fingerprint density at radius 3 is 2.75 bits per heavy atom. The zero-order valence-electron chi connectivity index (χ0n) is 12.7. The van der Waals surface area contributed by atoms with Crippen LogP contribution in [0.3, 0.4) is 0 Å². The van der Waals surface area contributed by atoms with Crippen molar-refractivity contribution in [2.75, 3.05) is 31.3 Å². The maximum absolute atomic E-state index is 12.1. The minimum Gasteiger partial charge on any atom is -0.383 e. The lowest BCUT2D eigenvalue weighted by molar-refractivity contribution is 0.102. The number of nitrogens with zero attached hydrogens (tertiary/aromatic N) is 2. The van der Waals surface area contributed by atoms with Crippen LogP contribution in [0.4, 0.5) is 9.93 Å². The average molecular weight is 387 g/mol. The van der Waals surface area contributed by atoms with E-state index in [-0.39, 0.29) is 17.6 Å². The van der Waals surface area contributed by atoms with Gasteiger partial charge in [-0.05, 0) is 24.3 Å². The first-order chi connectivity index (χ1) is 11.6. The van der Waals surface area contributed by atoms with E-state index >= 15 is 0 Å². The number of aromatic nitrogens is 2. The number of benzene rings is 1. The normalized spacial score (nSPS) is 10.4. The van der Waals surface area contributed by atoms with E-state index in [0.717, 1.165) is 0 Å². The molecule has 0 fully saturated rings. The van der Waals surface area contributed by atoms with Crippen LogP contribution in [0.15, 0.2) is 28.6 Å². The maximum Gasteiger partial charge on any atom is 0.321 e. The van der Waals surface area contributed by atoms with E-state index in [9.17, 15) is 9.59 Å². The number of rotatable bonds is 8. The summed E-state index contributed by atoms with van der Waals surface area (Å²) >= 11 is 8.27. The third kappa shape index (κ3) is 6.08. The number of carbonyl (C=O) groups excluding carboxylic acids is 2. The molecular formula is C14H15ClN4O3S2. The molecule has 7 nitrogen and oxygen atoms in total. The second-order valence-corrected chi connectivity index (χ2v) is 7.10. The number of methoxy groups -OCH3 is 1. The monoisotopic (exact) mass is 386 g/mol. The summed E-state index contributed by atoms with van der Waals surface area (Å²) in [4.78, 5) is 23.6. The highest BCUT2D eigenvalue weighted by Crippen LogP contribution is 2.26. The van der Waals surface area contributed by atoms with Gasteiger partial charge in [0.15, 0.2) is 10.1 Å². The molecule has 0 aliphatic heterocycles. The van der Waals surface area contributed by atoms with Crippen LogP contribution in [-0.4, -0.2) is 48.0 Å². The lowest BCUT2D eigenvalue weighted by Gasteiger charge is -2.03. The number of amides is 2. The van der Waals surface area contributed by atoms with Crippen LogP contribution in [-0.2, 0) is 4.74 Å². The van der Waals surface area contributed by atoms with E-state index in [2.05, 4.69) is 20.8 Å². The van der Waals surface area contributed by atoms with E-state index in [1.807, 2.05) is 0 Å². The molecule has 1 aromatic carbocycles. The molecule has 0 radical (unpaired) electrons. The topological polar surface area (TPSA) is 93.2 Å². The van der Waals surface area contributed by atoms with Crippen molar-refractivity contribution in [2.24, 2.45) is 0 Å². The van der Waals surface area contributed by atoms with Gasteiger partial charge in [-0.25, -0.2) is 4.79 Å². The van der Waals surface area contributed by atoms with Crippen LogP contribution in [0.5, 0.6) is 0 Å². The van der Waals surface area contributed by atoms with Gasteiger partial charge in [0.1, 0.15) is 0 Å². The molecule has 2 rings (SSSR count). The molecule has 2 aromatic rings. The van der Waals surface area contributed by atoms with Crippen LogP contribution in [0, 0.1) is 0 Å². The van der Waals surface area contributed by atoms with Gasteiger partial charge in [0.05, 0.1) is 12.4 Å². The Bertz CT molecular complexity index is 694. The molecule has 1 aromatic heterocycles. The number of hydrogen-bond donors (Lipinski definition) is 2. The summed E-state index contributed by atoms with van der Waals surface area (Å²) in [5.41, 5.74) is 0.590. The van der Waals surface area contributed by atoms with Gasteiger partial charge >= 0.3 is 6.03 Å². The third-order valence-corrected chi connectivity index (χ3v) is 4.94. The van der Waals surface area contributed by atoms with Gasteiger partial charge in [-0.15, -0.1) is 10.2 Å². The van der Waals surface area contributed by atoms with Gasteiger partial charge in [-0.3, -0.25) is 10.1 Å². The highest BCUT2D eigenvalue weighted by atomic mass is 35.5. The quantitative estimate of drug-likeness (QED) is 0.313. The second kappa shape index (κ2) is 9.58. The van der Waals surface area contributed by atoms with Crippen LogP contribution in [0.25, 0.3) is 0 Å². The van der Waals surface area contributed by atoms with Crippen LogP contribution < -0.4 is 10.6 Å². The van der Waals surface area contributed by atoms with Gasteiger partial charge in [-0.2, -0.15) is 0 Å². The molecule has 0 unspecified atom stereocenters. The Morgan fingerprint density at radius 2 is 2.04 bits per heavy atom. The van der Waals surface area contributed by atoms with Crippen LogP contribution in [0.1, 0.15) is 10.4 Å². The van der Waals surface area contributed by atoms with Gasteiger partial charge in [0, 0.05) is 24.2 Å². The van der Waals surface area contributed by atoms with Crippen LogP contribution in [0.2, 0.25) is 5.02 Å². The van der Waals surface area contributed by atoms with Crippen molar-refractivity contribution in [3.8, 4) is 0 Å². The number of carbonyl (C=O) groups is 2. The number of ether oxygens (including phenoxy) is 1. The molecule has 0 saturated carbocycles. The number of halogens is 1. The van der Waals surface area contributed by atoms with Gasteiger partial charge in [0.2, 0.25) is 5.13 Å². The van der Waals surface area contributed by atoms with Crippen molar-refractivity contribution < 1.29 is 14.3 Å². The second-order valence-electron chi connectivity index (χ2n) is 4.47. The van der Waals surface area contributed by atoms with E-state index in [1.165, 1.54) is 23.1 Å². The van der Waals surface area contributed by atoms with Crippen molar-refractivity contribution in [2.45, 2.75) is 4.34 Å². The summed E-state index contributed by atoms with van der Waals surface area (Å²) in [5.74, 6) is 0.203. The summed E-state index contributed by atoms with van der Waals surface area (Å²) in [6.07, 6.45) is 0. The molecule has 0 spiro atoms. The number of hydrogen-bond acceptors (Lipinski definition) is 7. The Hall–Kier alpha value is -1.68. The first-order valence-electron chi connectivity index (χ1n) is 6.87. The summed E-state index contributed by atoms with van der Waals surface area (Å²) in [6.45, 7) is 0.829. The predicted molar refractivity (Wildman–Crippen MR) is 95.3 cm³/mol. The summed E-state index contributed by atoms with van der Waals surface area (Å²) < 4.78 is 5.43. The van der Waals surface area contributed by atoms with Crippen molar-refractivity contribution in [3.63, 3.8) is 0 Å². The lowest BCUT2D eigenvalue weighted by Crippen LogP contribution is -2.31. The molecule has 128 valence electrons. The lowest BCUT2D eigenvalue weighted by atomic mass is 10.1. The Labute approximate surface area is 152 Å². The molecule has 1 heterocycles. The molecule has 2 N–H and O–H groups in total. The fourth-order valence-electron chi connectivity index (χ4n) is 1.57. The molecule has 0 aliphatic rings. The molecule has 10 heteroatoms. The number of ketones is 1. The highest BCUT2D eigenvalue weighted by molar-refractivity contribution is 8.01. The predicted octanol–water partition coefficient (Wildman–Crippen LogP) is 2.93. The van der Waals surface area contributed by atoms with Crippen LogP contribution >= 0.6 is 34.7 Å². The molecule has 0 atom stereocenters. The van der Waals surface area contributed by atoms with Crippen molar-refractivity contribution >= 4 is 51.6 Å². The third-order valence-electron chi connectivity index (χ3n) is 2.71. The van der Waals surface area contributed by atoms with E-state index in [4.69, 9.17) is 16.3 Å². The minimum absolute atomic E-state index is 0.0290. The Morgan fingerprint density at radius 1 is 1.29 bits per heavy atom. The Kier molecular flexibility index (Phi) is 7.44. The standard InChI is InChI=1S/C14H15ClN4O3S2/c1-22-7-6-16-12(21)17-13-18-19-14(24-13)23-8-11(20)9-2-4-10(15)5-3-9/h2-5H,6-8H2,1H3,(H2,16,17,18,21). The van der Waals surface area contributed by atoms with Crippen molar-refractivity contribution in [1.82, 2.24) is 15.5 Å². The highest BCUT2D eigenvalue weighted by Gasteiger charge is 2.11. The fourth-order valence-corrected chi connectivity index (χ4v) is 3.34. The molecule has 2 amide bonds. The fraction of sp³-hybridized carbons (Fsp3) is 0.286. The number of thioether (sulfide) groups is 1. The van der Waals surface area contributed by atoms with Gasteiger partial charge < -0.3 is 10.1 Å². The summed E-state index contributed by atoms with van der Waals surface area (Å²) in [7, 11) is 1.55. The minimum atomic E-state index is -0.378. The number of Topliss-reactive ketones (excluding diaryl/α,β-unsaturated/α-hetero) is 1. The number of urea groups is 1. The zero-order chi connectivity index (χ0) is 17.4. The first-order valence-corrected chi connectivity index (χ1v) is 9.05. The summed E-state index contributed by atoms with van der Waals surface area (Å²) in [6, 6.07) is 6.34. The number of anilines is 1. The number of nitrogens with one attached hydrogen (secondary N) is 2. The molecule has 0 bridgehead atoms. The van der Waals surface area contributed by atoms with E-state index in [0.29, 0.717) is 33.2 Å².